The maximum atomic E-state index is 13.5. The van der Waals surface area contributed by atoms with E-state index in [0.29, 0.717) is 11.3 Å². The highest BCUT2D eigenvalue weighted by atomic mass is 79.9. The standard InChI is InChI=1S/C17H9BrF2N4O2S/c18-8-1-4-13-10(5-8)15(16(26)21-13)22-23-17-24(14(25)7-27-17)9-2-3-11(19)12(20)6-9/h1-6H,7H2,(H,21,22,26). The van der Waals surface area contributed by atoms with Gasteiger partial charge in [0, 0.05) is 16.1 Å². The summed E-state index contributed by atoms with van der Waals surface area (Å²) in [6, 6.07) is 8.36. The Morgan fingerprint density at radius 2 is 1.89 bits per heavy atom. The fourth-order valence-electron chi connectivity index (χ4n) is 2.63. The molecule has 4 rings (SSSR count). The lowest BCUT2D eigenvalue weighted by Crippen LogP contribution is -2.29. The Bertz CT molecular complexity index is 1060. The number of amides is 2. The monoisotopic (exact) mass is 450 g/mol. The third kappa shape index (κ3) is 3.26. The average molecular weight is 451 g/mol. The van der Waals surface area contributed by atoms with E-state index in [0.717, 1.165) is 33.3 Å². The molecule has 27 heavy (non-hydrogen) atoms. The number of fused-ring (bicyclic) bond motifs is 1. The maximum Gasteiger partial charge on any atom is 0.276 e. The molecule has 1 N–H and O–H groups in total. The number of carbonyl (C=O) groups is 2. The van der Waals surface area contributed by atoms with Crippen LogP contribution in [0.4, 0.5) is 20.2 Å². The highest BCUT2D eigenvalue weighted by Crippen LogP contribution is 2.29. The molecule has 6 nitrogen and oxygen atoms in total. The highest BCUT2D eigenvalue weighted by Gasteiger charge is 2.31. The minimum atomic E-state index is -1.07. The van der Waals surface area contributed by atoms with Crippen LogP contribution in [0.3, 0.4) is 0 Å². The second kappa shape index (κ2) is 6.86. The van der Waals surface area contributed by atoms with Gasteiger partial charge in [-0.05, 0) is 30.3 Å². The van der Waals surface area contributed by atoms with E-state index in [9.17, 15) is 18.4 Å². The number of rotatable bonds is 2. The van der Waals surface area contributed by atoms with Crippen molar-refractivity contribution in [1.82, 2.24) is 0 Å². The van der Waals surface area contributed by atoms with Crippen LogP contribution < -0.4 is 10.2 Å². The number of halogens is 3. The third-order valence-corrected chi connectivity index (χ3v) is 5.27. The van der Waals surface area contributed by atoms with Gasteiger partial charge in [-0.3, -0.25) is 14.5 Å². The van der Waals surface area contributed by atoms with Crippen LogP contribution in [0.15, 0.2) is 51.1 Å². The molecule has 0 radical (unpaired) electrons. The second-order valence-electron chi connectivity index (χ2n) is 5.59. The van der Waals surface area contributed by atoms with Crippen LogP contribution in [0.25, 0.3) is 0 Å². The number of benzene rings is 2. The van der Waals surface area contributed by atoms with Gasteiger partial charge in [0.1, 0.15) is 0 Å². The van der Waals surface area contributed by atoms with E-state index < -0.39 is 17.5 Å². The molecule has 2 heterocycles. The van der Waals surface area contributed by atoms with Crippen molar-refractivity contribution in [2.45, 2.75) is 0 Å². The van der Waals surface area contributed by atoms with Crippen molar-refractivity contribution < 1.29 is 18.4 Å². The first-order valence-corrected chi connectivity index (χ1v) is 9.39. The van der Waals surface area contributed by atoms with Gasteiger partial charge >= 0.3 is 0 Å². The third-order valence-electron chi connectivity index (χ3n) is 3.86. The first-order chi connectivity index (χ1) is 12.9. The Morgan fingerprint density at radius 1 is 1.07 bits per heavy atom. The van der Waals surface area contributed by atoms with E-state index >= 15 is 0 Å². The van der Waals surface area contributed by atoms with E-state index in [1.54, 1.807) is 18.2 Å². The van der Waals surface area contributed by atoms with Crippen LogP contribution >= 0.6 is 27.7 Å². The topological polar surface area (TPSA) is 74.1 Å². The molecule has 1 saturated heterocycles. The van der Waals surface area contributed by atoms with Crippen molar-refractivity contribution >= 4 is 61.8 Å². The molecular weight excluding hydrogens is 442 g/mol. The molecule has 2 aliphatic rings. The molecule has 0 spiro atoms. The smallest absolute Gasteiger partial charge is 0.276 e. The van der Waals surface area contributed by atoms with Crippen molar-refractivity contribution in [1.29, 1.82) is 0 Å². The number of anilines is 2. The first-order valence-electron chi connectivity index (χ1n) is 7.62. The molecule has 2 aliphatic heterocycles. The SMILES string of the molecule is O=C1Nc2ccc(Br)cc2C1=NN=C1SCC(=O)N1c1ccc(F)c(F)c1. The van der Waals surface area contributed by atoms with Gasteiger partial charge in [0.15, 0.2) is 22.5 Å². The van der Waals surface area contributed by atoms with Gasteiger partial charge < -0.3 is 5.32 Å². The van der Waals surface area contributed by atoms with Gasteiger partial charge in [-0.15, -0.1) is 10.2 Å². The van der Waals surface area contributed by atoms with Crippen LogP contribution in [0.5, 0.6) is 0 Å². The number of thioether (sulfide) groups is 1. The summed E-state index contributed by atoms with van der Waals surface area (Å²) < 4.78 is 27.5. The quantitative estimate of drug-likeness (QED) is 0.711. The summed E-state index contributed by atoms with van der Waals surface area (Å²) in [6.45, 7) is 0. The summed E-state index contributed by atoms with van der Waals surface area (Å²) >= 11 is 4.43. The fourth-order valence-corrected chi connectivity index (χ4v) is 3.81. The van der Waals surface area contributed by atoms with Crippen molar-refractivity contribution in [3.63, 3.8) is 0 Å². The Hall–Kier alpha value is -2.59. The molecule has 1 fully saturated rings. The molecule has 2 aromatic carbocycles. The van der Waals surface area contributed by atoms with Crippen LogP contribution in [0.2, 0.25) is 0 Å². The molecule has 0 bridgehead atoms. The van der Waals surface area contributed by atoms with Crippen molar-refractivity contribution in [2.75, 3.05) is 16.0 Å². The zero-order chi connectivity index (χ0) is 19.1. The number of nitrogens with zero attached hydrogens (tertiary/aromatic N) is 3. The number of carbonyl (C=O) groups excluding carboxylic acids is 2. The molecule has 0 aromatic heterocycles. The lowest BCUT2D eigenvalue weighted by molar-refractivity contribution is -0.115. The van der Waals surface area contributed by atoms with E-state index in [1.165, 1.54) is 6.07 Å². The van der Waals surface area contributed by atoms with E-state index in [4.69, 9.17) is 0 Å². The summed E-state index contributed by atoms with van der Waals surface area (Å²) in [6.07, 6.45) is 0. The Morgan fingerprint density at radius 3 is 2.67 bits per heavy atom. The van der Waals surface area contributed by atoms with Crippen LogP contribution in [0, 0.1) is 11.6 Å². The molecular formula is C17H9BrF2N4O2S. The maximum absolute atomic E-state index is 13.5. The lowest BCUT2D eigenvalue weighted by Gasteiger charge is -2.15. The summed E-state index contributed by atoms with van der Waals surface area (Å²) in [5.41, 5.74) is 1.42. The Kier molecular flexibility index (Phi) is 4.52. The van der Waals surface area contributed by atoms with Gasteiger partial charge in [-0.25, -0.2) is 8.78 Å². The summed E-state index contributed by atoms with van der Waals surface area (Å²) in [5.74, 6) is -2.76. The number of hydrogen-bond acceptors (Lipinski definition) is 5. The minimum Gasteiger partial charge on any atom is -0.320 e. The van der Waals surface area contributed by atoms with Crippen molar-refractivity contribution in [2.24, 2.45) is 10.2 Å². The predicted molar refractivity (Wildman–Crippen MR) is 103 cm³/mol. The molecule has 10 heteroatoms. The summed E-state index contributed by atoms with van der Waals surface area (Å²) in [4.78, 5) is 25.4. The lowest BCUT2D eigenvalue weighted by atomic mass is 10.1. The van der Waals surface area contributed by atoms with E-state index in [-0.39, 0.29) is 28.2 Å². The van der Waals surface area contributed by atoms with Gasteiger partial charge in [-0.2, -0.15) is 0 Å². The molecule has 0 saturated carbocycles. The molecule has 2 amide bonds. The minimum absolute atomic E-state index is 0.0804. The predicted octanol–water partition coefficient (Wildman–Crippen LogP) is 3.52. The summed E-state index contributed by atoms with van der Waals surface area (Å²) in [5, 5.41) is 10.9. The zero-order valence-electron chi connectivity index (χ0n) is 13.4. The number of nitrogens with one attached hydrogen (secondary N) is 1. The highest BCUT2D eigenvalue weighted by molar-refractivity contribution is 9.10. The second-order valence-corrected chi connectivity index (χ2v) is 7.45. The largest absolute Gasteiger partial charge is 0.320 e. The zero-order valence-corrected chi connectivity index (χ0v) is 15.8. The van der Waals surface area contributed by atoms with Crippen molar-refractivity contribution in [3.8, 4) is 0 Å². The average Bonchev–Trinajstić information content (AvgIpc) is 3.14. The Labute approximate surface area is 164 Å². The summed E-state index contributed by atoms with van der Waals surface area (Å²) in [7, 11) is 0. The van der Waals surface area contributed by atoms with Gasteiger partial charge in [0.2, 0.25) is 5.91 Å². The van der Waals surface area contributed by atoms with Crippen molar-refractivity contribution in [3.05, 3.63) is 58.1 Å². The van der Waals surface area contributed by atoms with Gasteiger partial charge in [0.05, 0.1) is 17.1 Å². The van der Waals surface area contributed by atoms with E-state index in [1.807, 2.05) is 0 Å². The normalized spacial score (nSPS) is 19.1. The molecule has 136 valence electrons. The van der Waals surface area contributed by atoms with Crippen LogP contribution in [-0.2, 0) is 9.59 Å². The number of amidine groups is 1. The van der Waals surface area contributed by atoms with Crippen LogP contribution in [0.1, 0.15) is 5.56 Å². The fraction of sp³-hybridized carbons (Fsp3) is 0.0588. The molecule has 0 atom stereocenters. The van der Waals surface area contributed by atoms with Gasteiger partial charge in [0.25, 0.3) is 5.91 Å². The molecule has 0 unspecified atom stereocenters. The number of hydrogen-bond donors (Lipinski definition) is 1. The molecule has 0 aliphatic carbocycles. The van der Waals surface area contributed by atoms with Gasteiger partial charge in [-0.1, -0.05) is 27.7 Å². The first kappa shape index (κ1) is 17.8. The van der Waals surface area contributed by atoms with Crippen LogP contribution in [-0.4, -0.2) is 28.4 Å². The van der Waals surface area contributed by atoms with E-state index in [2.05, 4.69) is 31.4 Å². The molecule has 2 aromatic rings. The Balaban J connectivity index is 1.72.